The van der Waals surface area contributed by atoms with Crippen molar-refractivity contribution in [2.75, 3.05) is 0 Å². The van der Waals surface area contributed by atoms with E-state index in [-0.39, 0.29) is 0 Å². The molecule has 1 aliphatic rings. The van der Waals surface area contributed by atoms with E-state index in [2.05, 4.69) is 10.3 Å². The van der Waals surface area contributed by atoms with Gasteiger partial charge in [-0.3, -0.25) is 0 Å². The van der Waals surface area contributed by atoms with E-state index in [4.69, 9.17) is 0 Å². The maximum absolute atomic E-state index is 3.67. The van der Waals surface area contributed by atoms with Gasteiger partial charge < -0.3 is 0 Å². The molecule has 3 heteroatoms. The number of hydrogen-bond acceptors (Lipinski definition) is 2. The van der Waals surface area contributed by atoms with Crippen molar-refractivity contribution in [1.29, 1.82) is 0 Å². The minimum atomic E-state index is 0.981. The van der Waals surface area contributed by atoms with Crippen molar-refractivity contribution in [3.63, 3.8) is 0 Å². The highest BCUT2D eigenvalue weighted by atomic mass is 15.4. The van der Waals surface area contributed by atoms with E-state index >= 15 is 0 Å². The highest BCUT2D eigenvalue weighted by Gasteiger charge is 1.91. The molecule has 3 nitrogen and oxygen atoms in total. The van der Waals surface area contributed by atoms with Crippen LogP contribution in [0, 0.1) is 0 Å². The molecule has 0 aromatic rings. The Labute approximate surface area is 35.7 Å². The van der Waals surface area contributed by atoms with E-state index < -0.39 is 0 Å². The first-order valence-corrected chi connectivity index (χ1v) is 1.80. The zero-order valence-corrected chi connectivity index (χ0v) is 3.55. The third-order valence-corrected chi connectivity index (χ3v) is 0.598. The molecular weight excluding hydrogens is 78.1 g/mol. The van der Waals surface area contributed by atoms with Crippen molar-refractivity contribution in [1.82, 2.24) is 0 Å². The van der Waals surface area contributed by atoms with Crippen LogP contribution in [0.2, 0.25) is 0 Å². The molecule has 1 aliphatic heterocycles. The second-order valence-electron chi connectivity index (χ2n) is 1.17. The van der Waals surface area contributed by atoms with Crippen LogP contribution in [0.5, 0.6) is 0 Å². The lowest BCUT2D eigenvalue weighted by Crippen LogP contribution is -2.69. The van der Waals surface area contributed by atoms with Crippen molar-refractivity contribution < 1.29 is 5.43 Å². The lowest BCUT2D eigenvalue weighted by Gasteiger charge is -1.62. The van der Waals surface area contributed by atoms with E-state index in [0.29, 0.717) is 0 Å². The third kappa shape index (κ3) is 0.440. The molecule has 0 amide bonds. The molecule has 6 heavy (non-hydrogen) atoms. The molecule has 0 radical (unpaired) electrons. The van der Waals surface area contributed by atoms with E-state index in [9.17, 15) is 0 Å². The fourth-order valence-corrected chi connectivity index (χ4v) is 0.299. The smallest absolute Gasteiger partial charge is 0.144 e. The highest BCUT2D eigenvalue weighted by molar-refractivity contribution is 4.87. The maximum atomic E-state index is 3.67. The molecular formula is C3H6N3+. The Bertz CT molecular complexity index is 99.9. The van der Waals surface area contributed by atoms with Gasteiger partial charge in [0.25, 0.3) is 0 Å². The maximum Gasteiger partial charge on any atom is 0.144 e. The van der Waals surface area contributed by atoms with Gasteiger partial charge >= 0.3 is 0 Å². The minimum absolute atomic E-state index is 0.981. The molecule has 0 saturated carbocycles. The molecule has 0 spiro atoms. The lowest BCUT2D eigenvalue weighted by atomic mass is 10.6. The third-order valence-electron chi connectivity index (χ3n) is 0.598. The standard InChI is InChI=1S/C3H5N3/c1-3-2-4-6-5-3/h2H,1H3,(H,4,5,6)/p+1. The van der Waals surface area contributed by atoms with E-state index in [1.807, 2.05) is 13.1 Å². The summed E-state index contributed by atoms with van der Waals surface area (Å²) in [6.07, 6.45) is 1.86. The van der Waals surface area contributed by atoms with Crippen LogP contribution in [-0.4, -0.2) is 0 Å². The van der Waals surface area contributed by atoms with Crippen LogP contribution in [0.4, 0.5) is 0 Å². The Balaban J connectivity index is 2.68. The van der Waals surface area contributed by atoms with Crippen molar-refractivity contribution in [2.24, 2.45) is 10.3 Å². The second kappa shape index (κ2) is 1.18. The molecule has 0 aromatic carbocycles. The van der Waals surface area contributed by atoms with Crippen LogP contribution in [0.1, 0.15) is 6.92 Å². The first kappa shape index (κ1) is 3.49. The van der Waals surface area contributed by atoms with Gasteiger partial charge in [-0.15, -0.1) is 5.11 Å². The molecule has 1 heterocycles. The summed E-state index contributed by atoms with van der Waals surface area (Å²) in [5, 5.41) is 7.24. The Morgan fingerprint density at radius 2 is 2.67 bits per heavy atom. The molecule has 0 bridgehead atoms. The molecule has 0 aromatic heterocycles. The zero-order valence-electron chi connectivity index (χ0n) is 3.55. The van der Waals surface area contributed by atoms with Gasteiger partial charge in [-0.2, -0.15) is 5.43 Å². The van der Waals surface area contributed by atoms with Gasteiger partial charge in [0.05, 0.1) is 0 Å². The summed E-state index contributed by atoms with van der Waals surface area (Å²) in [5.41, 5.74) is 2.66. The summed E-state index contributed by atoms with van der Waals surface area (Å²) < 4.78 is 0. The van der Waals surface area contributed by atoms with Gasteiger partial charge in [0.2, 0.25) is 0 Å². The number of hydrogen-bond donors (Lipinski definition) is 1. The fraction of sp³-hybridized carbons (Fsp3) is 0.333. The van der Waals surface area contributed by atoms with Crippen LogP contribution in [0.3, 0.4) is 0 Å². The average molecular weight is 84.1 g/mol. The number of quaternary nitrogens is 1. The number of rotatable bonds is 0. The minimum Gasteiger partial charge on any atom is -0.173 e. The summed E-state index contributed by atoms with van der Waals surface area (Å²) in [4.78, 5) is 0. The van der Waals surface area contributed by atoms with Gasteiger partial charge in [0, 0.05) is 5.22 Å². The molecule has 32 valence electrons. The average Bonchev–Trinajstić information content (AvgIpc) is 1.86. The van der Waals surface area contributed by atoms with Gasteiger partial charge in [-0.25, -0.2) is 0 Å². The first-order chi connectivity index (χ1) is 2.89. The zero-order chi connectivity index (χ0) is 4.41. The second-order valence-corrected chi connectivity index (χ2v) is 1.17. The SMILES string of the molecule is CC1=C[NH2+]N=N1. The predicted molar refractivity (Wildman–Crippen MR) is 20.5 cm³/mol. The molecule has 2 N–H and O–H groups in total. The topological polar surface area (TPSA) is 41.3 Å². The number of nitrogens with zero attached hydrogens (tertiary/aromatic N) is 2. The van der Waals surface area contributed by atoms with Crippen LogP contribution < -0.4 is 5.43 Å². The summed E-state index contributed by atoms with van der Waals surface area (Å²) >= 11 is 0. The van der Waals surface area contributed by atoms with Crippen LogP contribution in [0.25, 0.3) is 0 Å². The van der Waals surface area contributed by atoms with E-state index in [0.717, 1.165) is 5.70 Å². The number of allylic oxidation sites excluding steroid dienone is 1. The van der Waals surface area contributed by atoms with Crippen molar-refractivity contribution in [2.45, 2.75) is 6.92 Å². The normalized spacial score (nSPS) is 18.5. The predicted octanol–water partition coefficient (Wildman–Crippen LogP) is -0.208. The molecule has 0 aliphatic carbocycles. The van der Waals surface area contributed by atoms with E-state index in [1.165, 1.54) is 0 Å². The quantitative estimate of drug-likeness (QED) is 0.395. The van der Waals surface area contributed by atoms with Gasteiger partial charge in [-0.1, -0.05) is 0 Å². The number of nitrogens with two attached hydrogens (primary N) is 1. The lowest BCUT2D eigenvalue weighted by molar-refractivity contribution is -0.595. The van der Waals surface area contributed by atoms with Crippen LogP contribution in [-0.2, 0) is 0 Å². The van der Waals surface area contributed by atoms with Crippen molar-refractivity contribution >= 4 is 0 Å². The first-order valence-electron chi connectivity index (χ1n) is 1.80. The largest absolute Gasteiger partial charge is 0.173 e. The highest BCUT2D eigenvalue weighted by Crippen LogP contribution is 1.90. The van der Waals surface area contributed by atoms with Gasteiger partial charge in [0.15, 0.2) is 0 Å². The van der Waals surface area contributed by atoms with Crippen molar-refractivity contribution in [3.8, 4) is 0 Å². The Morgan fingerprint density at radius 1 is 1.83 bits per heavy atom. The summed E-state index contributed by atoms with van der Waals surface area (Å²) in [6.45, 7) is 1.91. The van der Waals surface area contributed by atoms with Crippen LogP contribution >= 0.6 is 0 Å². The summed E-state index contributed by atoms with van der Waals surface area (Å²) in [6, 6.07) is 0. The van der Waals surface area contributed by atoms with E-state index in [1.54, 1.807) is 5.43 Å². The summed E-state index contributed by atoms with van der Waals surface area (Å²) in [5.74, 6) is 0. The summed E-state index contributed by atoms with van der Waals surface area (Å²) in [7, 11) is 0. The van der Waals surface area contributed by atoms with Crippen molar-refractivity contribution in [3.05, 3.63) is 11.9 Å². The molecule has 0 unspecified atom stereocenters. The Hall–Kier alpha value is -0.700. The Kier molecular flexibility index (Phi) is 0.686. The molecule has 0 atom stereocenters. The fourth-order valence-electron chi connectivity index (χ4n) is 0.299. The van der Waals surface area contributed by atoms with Gasteiger partial charge in [0.1, 0.15) is 11.9 Å². The van der Waals surface area contributed by atoms with Gasteiger partial charge in [-0.05, 0) is 6.92 Å². The van der Waals surface area contributed by atoms with Crippen LogP contribution in [0.15, 0.2) is 22.2 Å². The molecule has 1 rings (SSSR count). The Morgan fingerprint density at radius 3 is 2.83 bits per heavy atom. The molecule has 0 fully saturated rings. The molecule has 0 saturated heterocycles. The monoisotopic (exact) mass is 84.1 g/mol.